The molecular weight excluding hydrogens is 254 g/mol. The van der Waals surface area contributed by atoms with Gasteiger partial charge in [-0.1, -0.05) is 13.0 Å². The zero-order valence-electron chi connectivity index (χ0n) is 12.1. The second-order valence-corrected chi connectivity index (χ2v) is 4.92. The minimum absolute atomic E-state index is 0.0445. The summed E-state index contributed by atoms with van der Waals surface area (Å²) >= 11 is 0. The van der Waals surface area contributed by atoms with Crippen LogP contribution in [0.3, 0.4) is 0 Å². The van der Waals surface area contributed by atoms with E-state index in [0.29, 0.717) is 24.5 Å². The molecule has 0 fully saturated rings. The predicted octanol–water partition coefficient (Wildman–Crippen LogP) is 1.49. The number of nitrogens with zero attached hydrogens (tertiary/aromatic N) is 2. The van der Waals surface area contributed by atoms with Crippen LogP contribution < -0.4 is 10.5 Å². The summed E-state index contributed by atoms with van der Waals surface area (Å²) in [4.78, 5) is 2.04. The van der Waals surface area contributed by atoms with E-state index in [1.54, 1.807) is 18.2 Å². The number of nitrogens with two attached hydrogens (primary N) is 1. The number of aliphatic hydroxyl groups excluding tert-OH is 1. The number of nitrogen functional groups attached to an aromatic ring is 1. The minimum Gasteiger partial charge on any atom is -0.491 e. The van der Waals surface area contributed by atoms with Gasteiger partial charge in [-0.25, -0.2) is 0 Å². The fourth-order valence-electron chi connectivity index (χ4n) is 1.91. The highest BCUT2D eigenvalue weighted by atomic mass is 16.5. The van der Waals surface area contributed by atoms with E-state index < -0.39 is 6.10 Å². The van der Waals surface area contributed by atoms with E-state index in [4.69, 9.17) is 15.7 Å². The zero-order chi connectivity index (χ0) is 15.0. The summed E-state index contributed by atoms with van der Waals surface area (Å²) in [7, 11) is 0. The summed E-state index contributed by atoms with van der Waals surface area (Å²) in [5, 5.41) is 18.8. The number of ether oxygens (including phenoxy) is 1. The van der Waals surface area contributed by atoms with Crippen molar-refractivity contribution in [3.63, 3.8) is 0 Å². The number of benzene rings is 1. The summed E-state index contributed by atoms with van der Waals surface area (Å²) in [5.74, 6) is 0.606. The number of nitriles is 1. The van der Waals surface area contributed by atoms with Gasteiger partial charge in [0.05, 0.1) is 12.0 Å². The Labute approximate surface area is 120 Å². The Hall–Kier alpha value is -1.77. The maximum atomic E-state index is 9.99. The van der Waals surface area contributed by atoms with Gasteiger partial charge in [0.2, 0.25) is 0 Å². The molecule has 1 aromatic carbocycles. The molecular formula is C15H23N3O2. The molecule has 20 heavy (non-hydrogen) atoms. The van der Waals surface area contributed by atoms with E-state index in [0.717, 1.165) is 6.54 Å². The van der Waals surface area contributed by atoms with Crippen molar-refractivity contribution in [2.24, 2.45) is 5.92 Å². The molecule has 0 aliphatic heterocycles. The second-order valence-electron chi connectivity index (χ2n) is 4.92. The van der Waals surface area contributed by atoms with Gasteiger partial charge in [0.15, 0.2) is 0 Å². The molecule has 0 aliphatic rings. The fourth-order valence-corrected chi connectivity index (χ4v) is 1.91. The van der Waals surface area contributed by atoms with Crippen molar-refractivity contribution in [1.82, 2.24) is 4.90 Å². The average molecular weight is 277 g/mol. The Bertz CT molecular complexity index is 445. The first-order chi connectivity index (χ1) is 9.55. The number of hydrogen-bond acceptors (Lipinski definition) is 5. The summed E-state index contributed by atoms with van der Waals surface area (Å²) in [6.07, 6.45) is -0.595. The smallest absolute Gasteiger partial charge is 0.121 e. The highest BCUT2D eigenvalue weighted by Crippen LogP contribution is 2.14. The van der Waals surface area contributed by atoms with E-state index in [1.165, 1.54) is 0 Å². The van der Waals surface area contributed by atoms with Gasteiger partial charge in [0, 0.05) is 24.8 Å². The Balaban J connectivity index is 2.38. The molecule has 0 heterocycles. The quantitative estimate of drug-likeness (QED) is 0.703. The van der Waals surface area contributed by atoms with Crippen LogP contribution in [-0.4, -0.2) is 42.4 Å². The molecule has 0 aliphatic carbocycles. The van der Waals surface area contributed by atoms with Crippen LogP contribution in [0, 0.1) is 17.2 Å². The standard InChI is InChI=1S/C15H23N3O2/c1-3-18(9-12(2)8-16)10-14(19)11-20-15-6-4-5-13(17)7-15/h4-7,12,14,19H,3,9-11,17H2,1-2H3. The van der Waals surface area contributed by atoms with Gasteiger partial charge in [-0.05, 0) is 25.6 Å². The van der Waals surface area contributed by atoms with Crippen molar-refractivity contribution in [2.75, 3.05) is 32.0 Å². The average Bonchev–Trinajstić information content (AvgIpc) is 2.44. The van der Waals surface area contributed by atoms with E-state index in [1.807, 2.05) is 24.8 Å². The molecule has 0 saturated heterocycles. The molecule has 3 N–H and O–H groups in total. The molecule has 0 aromatic heterocycles. The molecule has 5 heteroatoms. The third-order valence-electron chi connectivity index (χ3n) is 2.97. The third-order valence-corrected chi connectivity index (χ3v) is 2.97. The van der Waals surface area contributed by atoms with E-state index in [2.05, 4.69) is 6.07 Å². The predicted molar refractivity (Wildman–Crippen MR) is 79.2 cm³/mol. The highest BCUT2D eigenvalue weighted by molar-refractivity contribution is 5.43. The maximum absolute atomic E-state index is 9.99. The van der Waals surface area contributed by atoms with Crippen LogP contribution in [0.4, 0.5) is 5.69 Å². The van der Waals surface area contributed by atoms with Crippen molar-refractivity contribution in [3.8, 4) is 11.8 Å². The Kier molecular flexibility index (Phi) is 6.85. The first kappa shape index (κ1) is 16.3. The Morgan fingerprint density at radius 2 is 2.20 bits per heavy atom. The number of aliphatic hydroxyl groups is 1. The van der Waals surface area contributed by atoms with Gasteiger partial charge in [-0.3, -0.25) is 4.90 Å². The number of anilines is 1. The molecule has 1 rings (SSSR count). The summed E-state index contributed by atoms with van der Waals surface area (Å²) in [6.45, 7) is 6.03. The molecule has 0 radical (unpaired) electrons. The number of likely N-dealkylation sites (N-methyl/N-ethyl adjacent to an activating group) is 1. The molecule has 2 unspecified atom stereocenters. The van der Waals surface area contributed by atoms with E-state index in [-0.39, 0.29) is 12.5 Å². The molecule has 0 bridgehead atoms. The van der Waals surface area contributed by atoms with Crippen molar-refractivity contribution in [3.05, 3.63) is 24.3 Å². The Morgan fingerprint density at radius 3 is 2.80 bits per heavy atom. The normalized spacial score (nSPS) is 13.8. The van der Waals surface area contributed by atoms with E-state index >= 15 is 0 Å². The van der Waals surface area contributed by atoms with Crippen molar-refractivity contribution >= 4 is 5.69 Å². The number of hydrogen-bond donors (Lipinski definition) is 2. The lowest BCUT2D eigenvalue weighted by atomic mass is 10.2. The van der Waals surface area contributed by atoms with Gasteiger partial charge in [-0.15, -0.1) is 0 Å². The first-order valence-corrected chi connectivity index (χ1v) is 6.83. The summed E-state index contributed by atoms with van der Waals surface area (Å²) in [6, 6.07) is 9.32. The molecule has 0 amide bonds. The first-order valence-electron chi connectivity index (χ1n) is 6.83. The number of rotatable bonds is 8. The van der Waals surface area contributed by atoms with Crippen LogP contribution in [0.5, 0.6) is 5.75 Å². The molecule has 0 spiro atoms. The van der Waals surface area contributed by atoms with Crippen molar-refractivity contribution < 1.29 is 9.84 Å². The van der Waals surface area contributed by atoms with Gasteiger partial charge in [0.1, 0.15) is 18.5 Å². The highest BCUT2D eigenvalue weighted by Gasteiger charge is 2.13. The van der Waals surface area contributed by atoms with Crippen LogP contribution in [0.15, 0.2) is 24.3 Å². The maximum Gasteiger partial charge on any atom is 0.121 e. The SMILES string of the molecule is CCN(CC(C)C#N)CC(O)COc1cccc(N)c1. The zero-order valence-corrected chi connectivity index (χ0v) is 12.1. The van der Waals surface area contributed by atoms with Crippen molar-refractivity contribution in [1.29, 1.82) is 5.26 Å². The lowest BCUT2D eigenvalue weighted by Crippen LogP contribution is -2.37. The minimum atomic E-state index is -0.595. The van der Waals surface area contributed by atoms with Crippen LogP contribution in [0.25, 0.3) is 0 Å². The molecule has 1 aromatic rings. The molecule has 5 nitrogen and oxygen atoms in total. The molecule has 110 valence electrons. The summed E-state index contributed by atoms with van der Waals surface area (Å²) in [5.41, 5.74) is 6.29. The van der Waals surface area contributed by atoms with Gasteiger partial charge >= 0.3 is 0 Å². The van der Waals surface area contributed by atoms with Crippen LogP contribution in [-0.2, 0) is 0 Å². The summed E-state index contributed by atoms with van der Waals surface area (Å²) < 4.78 is 5.50. The second kappa shape index (κ2) is 8.41. The van der Waals surface area contributed by atoms with Crippen LogP contribution >= 0.6 is 0 Å². The van der Waals surface area contributed by atoms with E-state index in [9.17, 15) is 5.11 Å². The Morgan fingerprint density at radius 1 is 1.45 bits per heavy atom. The lowest BCUT2D eigenvalue weighted by Gasteiger charge is -2.24. The molecule has 0 saturated carbocycles. The third kappa shape index (κ3) is 5.91. The monoisotopic (exact) mass is 277 g/mol. The van der Waals surface area contributed by atoms with Gasteiger partial charge < -0.3 is 15.6 Å². The lowest BCUT2D eigenvalue weighted by molar-refractivity contribution is 0.0675. The fraction of sp³-hybridized carbons (Fsp3) is 0.533. The van der Waals surface area contributed by atoms with Crippen LogP contribution in [0.1, 0.15) is 13.8 Å². The largest absolute Gasteiger partial charge is 0.491 e. The van der Waals surface area contributed by atoms with Gasteiger partial charge in [-0.2, -0.15) is 5.26 Å². The van der Waals surface area contributed by atoms with Crippen molar-refractivity contribution in [2.45, 2.75) is 20.0 Å². The topological polar surface area (TPSA) is 82.5 Å². The molecule has 2 atom stereocenters. The van der Waals surface area contributed by atoms with Crippen LogP contribution in [0.2, 0.25) is 0 Å². The van der Waals surface area contributed by atoms with Gasteiger partial charge in [0.25, 0.3) is 0 Å².